The SMILES string of the molecule is CCOCCCC(=O)c1ccc(C)nc1. The Kier molecular flexibility index (Phi) is 4.98. The molecule has 0 saturated carbocycles. The molecule has 82 valence electrons. The lowest BCUT2D eigenvalue weighted by molar-refractivity contribution is 0.0946. The summed E-state index contributed by atoms with van der Waals surface area (Å²) in [7, 11) is 0. The molecule has 3 nitrogen and oxygen atoms in total. The number of carbonyl (C=O) groups excluding carboxylic acids is 1. The number of rotatable bonds is 6. The third kappa shape index (κ3) is 4.21. The molecule has 1 aromatic heterocycles. The van der Waals surface area contributed by atoms with E-state index in [1.807, 2.05) is 26.0 Å². The maximum Gasteiger partial charge on any atom is 0.164 e. The van der Waals surface area contributed by atoms with Gasteiger partial charge in [0.15, 0.2) is 5.78 Å². The van der Waals surface area contributed by atoms with E-state index in [1.54, 1.807) is 6.20 Å². The Morgan fingerprint density at radius 1 is 1.47 bits per heavy atom. The van der Waals surface area contributed by atoms with Crippen molar-refractivity contribution >= 4 is 5.78 Å². The number of hydrogen-bond acceptors (Lipinski definition) is 3. The molecule has 0 bridgehead atoms. The predicted molar refractivity (Wildman–Crippen MR) is 59.0 cm³/mol. The third-order valence-electron chi connectivity index (χ3n) is 2.13. The highest BCUT2D eigenvalue weighted by Gasteiger charge is 2.05. The zero-order valence-electron chi connectivity index (χ0n) is 9.32. The molecule has 0 amide bonds. The lowest BCUT2D eigenvalue weighted by atomic mass is 10.1. The number of aryl methyl sites for hydroxylation is 1. The summed E-state index contributed by atoms with van der Waals surface area (Å²) in [5, 5.41) is 0. The average Bonchev–Trinajstić information content (AvgIpc) is 2.25. The number of ether oxygens (including phenoxy) is 1. The zero-order chi connectivity index (χ0) is 11.1. The quantitative estimate of drug-likeness (QED) is 0.531. The summed E-state index contributed by atoms with van der Waals surface area (Å²) in [6, 6.07) is 3.68. The van der Waals surface area contributed by atoms with Crippen LogP contribution in [0.1, 0.15) is 35.8 Å². The van der Waals surface area contributed by atoms with Crippen LogP contribution in [0, 0.1) is 6.92 Å². The van der Waals surface area contributed by atoms with Gasteiger partial charge in [-0.25, -0.2) is 0 Å². The molecule has 0 aliphatic heterocycles. The molecule has 0 unspecified atom stereocenters. The Balaban J connectivity index is 2.37. The van der Waals surface area contributed by atoms with Crippen molar-refractivity contribution in [1.29, 1.82) is 0 Å². The third-order valence-corrected chi connectivity index (χ3v) is 2.13. The molecular formula is C12H17NO2. The molecule has 15 heavy (non-hydrogen) atoms. The van der Waals surface area contributed by atoms with Gasteiger partial charge in [0, 0.05) is 37.1 Å². The number of carbonyl (C=O) groups is 1. The highest BCUT2D eigenvalue weighted by Crippen LogP contribution is 2.05. The summed E-state index contributed by atoms with van der Waals surface area (Å²) < 4.78 is 5.17. The van der Waals surface area contributed by atoms with Gasteiger partial charge in [0.1, 0.15) is 0 Å². The molecule has 0 spiro atoms. The minimum Gasteiger partial charge on any atom is -0.382 e. The van der Waals surface area contributed by atoms with Crippen LogP contribution in [-0.2, 0) is 4.74 Å². The molecule has 0 saturated heterocycles. The fourth-order valence-corrected chi connectivity index (χ4v) is 1.26. The van der Waals surface area contributed by atoms with E-state index in [4.69, 9.17) is 4.74 Å². The van der Waals surface area contributed by atoms with Gasteiger partial charge in [-0.1, -0.05) is 0 Å². The van der Waals surface area contributed by atoms with Crippen molar-refractivity contribution in [2.45, 2.75) is 26.7 Å². The second-order valence-electron chi connectivity index (χ2n) is 3.41. The topological polar surface area (TPSA) is 39.2 Å². The Morgan fingerprint density at radius 2 is 2.27 bits per heavy atom. The van der Waals surface area contributed by atoms with Crippen molar-refractivity contribution in [3.8, 4) is 0 Å². The van der Waals surface area contributed by atoms with Crippen molar-refractivity contribution in [1.82, 2.24) is 4.98 Å². The van der Waals surface area contributed by atoms with Crippen molar-refractivity contribution < 1.29 is 9.53 Å². The van der Waals surface area contributed by atoms with E-state index in [0.29, 0.717) is 25.2 Å². The monoisotopic (exact) mass is 207 g/mol. The van der Waals surface area contributed by atoms with Crippen LogP contribution in [0.3, 0.4) is 0 Å². The van der Waals surface area contributed by atoms with Gasteiger partial charge < -0.3 is 4.74 Å². The Morgan fingerprint density at radius 3 is 2.87 bits per heavy atom. The van der Waals surface area contributed by atoms with Crippen LogP contribution >= 0.6 is 0 Å². The first kappa shape index (κ1) is 11.9. The summed E-state index contributed by atoms with van der Waals surface area (Å²) in [5.41, 5.74) is 1.62. The molecule has 0 aromatic carbocycles. The molecule has 0 aliphatic carbocycles. The molecule has 0 radical (unpaired) electrons. The molecule has 1 rings (SSSR count). The summed E-state index contributed by atoms with van der Waals surface area (Å²) in [5.74, 6) is 0.141. The summed E-state index contributed by atoms with van der Waals surface area (Å²) in [6.07, 6.45) is 2.95. The minimum absolute atomic E-state index is 0.141. The van der Waals surface area contributed by atoms with Gasteiger partial charge >= 0.3 is 0 Å². The Hall–Kier alpha value is -1.22. The molecule has 0 aliphatic rings. The minimum atomic E-state index is 0.141. The smallest absolute Gasteiger partial charge is 0.164 e. The van der Waals surface area contributed by atoms with Crippen molar-refractivity contribution in [2.75, 3.05) is 13.2 Å². The van der Waals surface area contributed by atoms with Crippen LogP contribution in [0.25, 0.3) is 0 Å². The standard InChI is InChI=1S/C12H17NO2/c1-3-15-8-4-5-12(14)11-7-6-10(2)13-9-11/h6-7,9H,3-5,8H2,1-2H3. The van der Waals surface area contributed by atoms with Crippen LogP contribution < -0.4 is 0 Å². The van der Waals surface area contributed by atoms with Gasteiger partial charge in [0.25, 0.3) is 0 Å². The van der Waals surface area contributed by atoms with Gasteiger partial charge in [0.05, 0.1) is 0 Å². The Bertz CT molecular complexity index is 306. The molecule has 0 atom stereocenters. The fraction of sp³-hybridized carbons (Fsp3) is 0.500. The van der Waals surface area contributed by atoms with E-state index < -0.39 is 0 Å². The number of ketones is 1. The number of Topliss-reactive ketones (excluding diaryl/α,β-unsaturated/α-hetero) is 1. The fourth-order valence-electron chi connectivity index (χ4n) is 1.26. The van der Waals surface area contributed by atoms with E-state index in [0.717, 1.165) is 12.1 Å². The highest BCUT2D eigenvalue weighted by molar-refractivity contribution is 5.95. The molecule has 1 aromatic rings. The predicted octanol–water partition coefficient (Wildman–Crippen LogP) is 2.39. The second kappa shape index (κ2) is 6.30. The molecule has 0 fully saturated rings. The van der Waals surface area contributed by atoms with Crippen LogP contribution in [0.5, 0.6) is 0 Å². The maximum absolute atomic E-state index is 11.6. The van der Waals surface area contributed by atoms with Crippen LogP contribution in [0.15, 0.2) is 18.3 Å². The highest BCUT2D eigenvalue weighted by atomic mass is 16.5. The van der Waals surface area contributed by atoms with Gasteiger partial charge in [-0.15, -0.1) is 0 Å². The lowest BCUT2D eigenvalue weighted by Crippen LogP contribution is -2.02. The van der Waals surface area contributed by atoms with Gasteiger partial charge in [0.2, 0.25) is 0 Å². The van der Waals surface area contributed by atoms with Crippen LogP contribution in [0.4, 0.5) is 0 Å². The largest absolute Gasteiger partial charge is 0.382 e. The van der Waals surface area contributed by atoms with Crippen molar-refractivity contribution in [3.05, 3.63) is 29.6 Å². The number of hydrogen-bond donors (Lipinski definition) is 0. The number of pyridine rings is 1. The second-order valence-corrected chi connectivity index (χ2v) is 3.41. The van der Waals surface area contributed by atoms with E-state index in [1.165, 1.54) is 0 Å². The van der Waals surface area contributed by atoms with Crippen molar-refractivity contribution in [3.63, 3.8) is 0 Å². The van der Waals surface area contributed by atoms with Crippen LogP contribution in [-0.4, -0.2) is 24.0 Å². The summed E-state index contributed by atoms with van der Waals surface area (Å²) in [4.78, 5) is 15.7. The van der Waals surface area contributed by atoms with Gasteiger partial charge in [-0.05, 0) is 32.4 Å². The zero-order valence-corrected chi connectivity index (χ0v) is 9.32. The van der Waals surface area contributed by atoms with E-state index in [9.17, 15) is 4.79 Å². The molecule has 0 N–H and O–H groups in total. The van der Waals surface area contributed by atoms with E-state index in [2.05, 4.69) is 4.98 Å². The maximum atomic E-state index is 11.6. The van der Waals surface area contributed by atoms with Gasteiger partial charge in [-0.3, -0.25) is 9.78 Å². The van der Waals surface area contributed by atoms with E-state index >= 15 is 0 Å². The summed E-state index contributed by atoms with van der Waals surface area (Å²) >= 11 is 0. The normalized spacial score (nSPS) is 10.3. The molecular weight excluding hydrogens is 190 g/mol. The van der Waals surface area contributed by atoms with Crippen LogP contribution in [0.2, 0.25) is 0 Å². The van der Waals surface area contributed by atoms with Gasteiger partial charge in [-0.2, -0.15) is 0 Å². The first-order valence-electron chi connectivity index (χ1n) is 5.27. The first-order valence-corrected chi connectivity index (χ1v) is 5.27. The number of aromatic nitrogens is 1. The summed E-state index contributed by atoms with van der Waals surface area (Å²) in [6.45, 7) is 5.22. The average molecular weight is 207 g/mol. The van der Waals surface area contributed by atoms with E-state index in [-0.39, 0.29) is 5.78 Å². The molecule has 1 heterocycles. The Labute approximate surface area is 90.5 Å². The lowest BCUT2D eigenvalue weighted by Gasteiger charge is -2.01. The molecule has 3 heteroatoms. The first-order chi connectivity index (χ1) is 7.24. The number of nitrogens with zero attached hydrogens (tertiary/aromatic N) is 1. The van der Waals surface area contributed by atoms with Crippen molar-refractivity contribution in [2.24, 2.45) is 0 Å².